The van der Waals surface area contributed by atoms with Crippen LogP contribution in [-0.4, -0.2) is 54.3 Å². The van der Waals surface area contributed by atoms with Gasteiger partial charge >= 0.3 is 0 Å². The highest BCUT2D eigenvalue weighted by molar-refractivity contribution is 5.97. The third kappa shape index (κ3) is 3.28. The molecule has 0 amide bonds. The van der Waals surface area contributed by atoms with Crippen molar-refractivity contribution in [3.8, 4) is 0 Å². The van der Waals surface area contributed by atoms with Gasteiger partial charge in [0.1, 0.15) is 0 Å². The van der Waals surface area contributed by atoms with Crippen molar-refractivity contribution in [2.75, 3.05) is 32.7 Å². The second kappa shape index (κ2) is 6.51. The molecule has 1 atom stereocenters. The van der Waals surface area contributed by atoms with Gasteiger partial charge in [-0.1, -0.05) is 36.8 Å². The maximum Gasteiger partial charge on any atom is 0.176 e. The van der Waals surface area contributed by atoms with Gasteiger partial charge in [-0.25, -0.2) is 0 Å². The molecule has 2 heterocycles. The van der Waals surface area contributed by atoms with Gasteiger partial charge in [0.15, 0.2) is 5.78 Å². The van der Waals surface area contributed by atoms with Gasteiger partial charge in [0.05, 0.1) is 6.54 Å². The first-order chi connectivity index (χ1) is 9.83. The van der Waals surface area contributed by atoms with Crippen molar-refractivity contribution in [2.24, 2.45) is 0 Å². The number of hydrogen-bond donors (Lipinski definition) is 0. The first-order valence-electron chi connectivity index (χ1n) is 7.87. The lowest BCUT2D eigenvalue weighted by Gasteiger charge is -2.32. The number of hydrogen-bond acceptors (Lipinski definition) is 3. The minimum atomic E-state index is 0.255. The van der Waals surface area contributed by atoms with Gasteiger partial charge in [-0.3, -0.25) is 14.6 Å². The lowest BCUT2D eigenvalue weighted by molar-refractivity contribution is 0.0936. The Morgan fingerprint density at radius 3 is 2.55 bits per heavy atom. The van der Waals surface area contributed by atoms with Crippen LogP contribution in [0.1, 0.15) is 36.0 Å². The fourth-order valence-electron chi connectivity index (χ4n) is 3.46. The van der Waals surface area contributed by atoms with E-state index in [1.54, 1.807) is 0 Å². The second-order valence-electron chi connectivity index (χ2n) is 6.06. The molecule has 3 rings (SSSR count). The Morgan fingerprint density at radius 1 is 1.05 bits per heavy atom. The van der Waals surface area contributed by atoms with E-state index >= 15 is 0 Å². The zero-order valence-corrected chi connectivity index (χ0v) is 12.1. The molecule has 108 valence electrons. The maximum atomic E-state index is 12.2. The molecule has 2 aliphatic heterocycles. The highest BCUT2D eigenvalue weighted by atomic mass is 16.1. The first-order valence-corrected chi connectivity index (χ1v) is 7.87. The maximum absolute atomic E-state index is 12.2. The topological polar surface area (TPSA) is 23.6 Å². The van der Waals surface area contributed by atoms with Crippen LogP contribution in [0.3, 0.4) is 0 Å². The number of rotatable bonds is 4. The van der Waals surface area contributed by atoms with Crippen LogP contribution in [0.25, 0.3) is 0 Å². The summed E-state index contributed by atoms with van der Waals surface area (Å²) in [5.74, 6) is 0.255. The lowest BCUT2D eigenvalue weighted by atomic mass is 10.1. The molecule has 1 unspecified atom stereocenters. The van der Waals surface area contributed by atoms with E-state index in [9.17, 15) is 4.79 Å². The minimum absolute atomic E-state index is 0.255. The van der Waals surface area contributed by atoms with Crippen LogP contribution < -0.4 is 0 Å². The molecule has 0 saturated carbocycles. The SMILES string of the molecule is O=C(CN1CCC(N2CCCCC2)C1)c1ccccc1. The molecule has 0 spiro atoms. The molecule has 3 nitrogen and oxygen atoms in total. The molecule has 3 heteroatoms. The van der Waals surface area contributed by atoms with Crippen molar-refractivity contribution < 1.29 is 4.79 Å². The van der Waals surface area contributed by atoms with E-state index in [2.05, 4.69) is 9.80 Å². The monoisotopic (exact) mass is 272 g/mol. The van der Waals surface area contributed by atoms with Gasteiger partial charge in [-0.15, -0.1) is 0 Å². The Morgan fingerprint density at radius 2 is 1.80 bits per heavy atom. The van der Waals surface area contributed by atoms with Crippen molar-refractivity contribution in [3.63, 3.8) is 0 Å². The summed E-state index contributed by atoms with van der Waals surface area (Å²) in [7, 11) is 0. The van der Waals surface area contributed by atoms with Crippen LogP contribution in [0.15, 0.2) is 30.3 Å². The number of piperidine rings is 1. The van der Waals surface area contributed by atoms with E-state index in [4.69, 9.17) is 0 Å². The summed E-state index contributed by atoms with van der Waals surface area (Å²) in [6.45, 7) is 5.23. The fraction of sp³-hybridized carbons (Fsp3) is 0.588. The Kier molecular flexibility index (Phi) is 4.48. The lowest BCUT2D eigenvalue weighted by Crippen LogP contribution is -2.41. The molecule has 0 N–H and O–H groups in total. The van der Waals surface area contributed by atoms with E-state index in [0.29, 0.717) is 12.6 Å². The Hall–Kier alpha value is -1.19. The summed E-state index contributed by atoms with van der Waals surface area (Å²) in [5, 5.41) is 0. The standard InChI is InChI=1S/C17H24N2O/c20-17(15-7-3-1-4-8-15)14-18-12-9-16(13-18)19-10-5-2-6-11-19/h1,3-4,7-8,16H,2,5-6,9-14H2. The Balaban J connectivity index is 1.51. The summed E-state index contributed by atoms with van der Waals surface area (Å²) in [6, 6.07) is 10.3. The quantitative estimate of drug-likeness (QED) is 0.787. The van der Waals surface area contributed by atoms with Gasteiger partial charge in [0.25, 0.3) is 0 Å². The smallest absolute Gasteiger partial charge is 0.176 e. The fourth-order valence-corrected chi connectivity index (χ4v) is 3.46. The summed E-state index contributed by atoms with van der Waals surface area (Å²) in [6.07, 6.45) is 5.31. The van der Waals surface area contributed by atoms with Gasteiger partial charge in [-0.05, 0) is 32.4 Å². The third-order valence-electron chi connectivity index (χ3n) is 4.62. The van der Waals surface area contributed by atoms with Crippen molar-refractivity contribution in [3.05, 3.63) is 35.9 Å². The van der Waals surface area contributed by atoms with Gasteiger partial charge in [0.2, 0.25) is 0 Å². The Bertz CT molecular complexity index is 440. The summed E-state index contributed by atoms with van der Waals surface area (Å²) < 4.78 is 0. The van der Waals surface area contributed by atoms with Crippen molar-refractivity contribution in [2.45, 2.75) is 31.7 Å². The average molecular weight is 272 g/mol. The summed E-state index contributed by atoms with van der Waals surface area (Å²) >= 11 is 0. The molecule has 1 aromatic carbocycles. The minimum Gasteiger partial charge on any atom is -0.299 e. The number of ketones is 1. The molecule has 0 radical (unpaired) electrons. The van der Waals surface area contributed by atoms with Crippen LogP contribution >= 0.6 is 0 Å². The van der Waals surface area contributed by atoms with Crippen LogP contribution in [0.4, 0.5) is 0 Å². The van der Waals surface area contributed by atoms with Crippen LogP contribution in [-0.2, 0) is 0 Å². The van der Waals surface area contributed by atoms with E-state index in [1.165, 1.54) is 38.8 Å². The van der Waals surface area contributed by atoms with Gasteiger partial charge in [-0.2, -0.15) is 0 Å². The highest BCUT2D eigenvalue weighted by Crippen LogP contribution is 2.20. The van der Waals surface area contributed by atoms with E-state index in [1.807, 2.05) is 30.3 Å². The predicted octanol–water partition coefficient (Wildman–Crippen LogP) is 2.43. The van der Waals surface area contributed by atoms with Gasteiger partial charge in [0, 0.05) is 24.7 Å². The van der Waals surface area contributed by atoms with Crippen LogP contribution in [0, 0.1) is 0 Å². The molecular weight excluding hydrogens is 248 g/mol. The number of carbonyl (C=O) groups is 1. The molecule has 0 aliphatic carbocycles. The van der Waals surface area contributed by atoms with Gasteiger partial charge < -0.3 is 0 Å². The highest BCUT2D eigenvalue weighted by Gasteiger charge is 2.29. The largest absolute Gasteiger partial charge is 0.299 e. The predicted molar refractivity (Wildman–Crippen MR) is 81.0 cm³/mol. The zero-order chi connectivity index (χ0) is 13.8. The van der Waals surface area contributed by atoms with Crippen molar-refractivity contribution in [1.82, 2.24) is 9.80 Å². The van der Waals surface area contributed by atoms with Crippen LogP contribution in [0.5, 0.6) is 0 Å². The van der Waals surface area contributed by atoms with Crippen LogP contribution in [0.2, 0.25) is 0 Å². The number of benzene rings is 1. The number of Topliss-reactive ketones (excluding diaryl/α,β-unsaturated/α-hetero) is 1. The summed E-state index contributed by atoms with van der Waals surface area (Å²) in [5.41, 5.74) is 0.842. The molecule has 2 saturated heterocycles. The van der Waals surface area contributed by atoms with E-state index in [-0.39, 0.29) is 5.78 Å². The number of carbonyl (C=O) groups excluding carboxylic acids is 1. The second-order valence-corrected chi connectivity index (χ2v) is 6.06. The van der Waals surface area contributed by atoms with E-state index < -0.39 is 0 Å². The molecule has 0 bridgehead atoms. The first kappa shape index (κ1) is 13.8. The molecule has 20 heavy (non-hydrogen) atoms. The van der Waals surface area contributed by atoms with E-state index in [0.717, 1.165) is 18.7 Å². The average Bonchev–Trinajstić information content (AvgIpc) is 2.97. The number of likely N-dealkylation sites (tertiary alicyclic amines) is 2. The molecule has 1 aromatic rings. The normalized spacial score (nSPS) is 24.9. The molecule has 0 aromatic heterocycles. The number of nitrogens with zero attached hydrogens (tertiary/aromatic N) is 2. The third-order valence-corrected chi connectivity index (χ3v) is 4.62. The molecule has 2 aliphatic rings. The molecule has 2 fully saturated rings. The van der Waals surface area contributed by atoms with Crippen molar-refractivity contribution in [1.29, 1.82) is 0 Å². The molecular formula is C17H24N2O. The zero-order valence-electron chi connectivity index (χ0n) is 12.1. The Labute approximate surface area is 121 Å². The summed E-state index contributed by atoms with van der Waals surface area (Å²) in [4.78, 5) is 17.2. The van der Waals surface area contributed by atoms with Crippen molar-refractivity contribution >= 4 is 5.78 Å².